The summed E-state index contributed by atoms with van der Waals surface area (Å²) in [6.45, 7) is 4.01. The maximum atomic E-state index is 11.0. The second-order valence-corrected chi connectivity index (χ2v) is 4.20. The van der Waals surface area contributed by atoms with Crippen molar-refractivity contribution in [1.82, 2.24) is 9.88 Å². The fourth-order valence-corrected chi connectivity index (χ4v) is 2.08. The minimum atomic E-state index is -0.920. The van der Waals surface area contributed by atoms with Gasteiger partial charge in [0.15, 0.2) is 0 Å². The minimum Gasteiger partial charge on any atom is -0.478 e. The van der Waals surface area contributed by atoms with Crippen molar-refractivity contribution in [2.75, 3.05) is 31.5 Å². The van der Waals surface area contributed by atoms with Crippen molar-refractivity contribution in [1.29, 1.82) is 0 Å². The zero-order valence-corrected chi connectivity index (χ0v) is 9.72. The van der Waals surface area contributed by atoms with E-state index in [0.717, 1.165) is 26.2 Å². The van der Waals surface area contributed by atoms with Gasteiger partial charge in [-0.2, -0.15) is 0 Å². The molecule has 2 N–H and O–H groups in total. The van der Waals surface area contributed by atoms with Gasteiger partial charge in [-0.1, -0.05) is 0 Å². The van der Waals surface area contributed by atoms with Crippen LogP contribution in [0.3, 0.4) is 0 Å². The molecule has 1 fully saturated rings. The number of nitrogens with zero attached hydrogens (tertiary/aromatic N) is 2. The van der Waals surface area contributed by atoms with Gasteiger partial charge >= 0.3 is 5.97 Å². The molecule has 5 nitrogen and oxygen atoms in total. The predicted octanol–water partition coefficient (Wildman–Crippen LogP) is 1.29. The molecule has 0 saturated carbocycles. The first kappa shape index (κ1) is 11.9. The molecule has 1 aromatic heterocycles. The van der Waals surface area contributed by atoms with Gasteiger partial charge in [0.2, 0.25) is 0 Å². The Morgan fingerprint density at radius 3 is 2.94 bits per heavy atom. The van der Waals surface area contributed by atoms with Gasteiger partial charge in [0.05, 0.1) is 17.4 Å². The quantitative estimate of drug-likeness (QED) is 0.805. The Balaban J connectivity index is 1.87. The maximum absolute atomic E-state index is 11.0. The van der Waals surface area contributed by atoms with Gasteiger partial charge in [0, 0.05) is 19.3 Å². The molecule has 1 aromatic rings. The van der Waals surface area contributed by atoms with Crippen LogP contribution in [0.1, 0.15) is 23.2 Å². The number of carboxylic acids is 1. The van der Waals surface area contributed by atoms with Gasteiger partial charge in [-0.25, -0.2) is 4.79 Å². The van der Waals surface area contributed by atoms with Crippen molar-refractivity contribution in [3.8, 4) is 0 Å². The van der Waals surface area contributed by atoms with Crippen molar-refractivity contribution in [3.63, 3.8) is 0 Å². The van der Waals surface area contributed by atoms with Gasteiger partial charge in [-0.3, -0.25) is 4.98 Å². The molecule has 0 atom stereocenters. The van der Waals surface area contributed by atoms with Crippen LogP contribution in [0.5, 0.6) is 0 Å². The van der Waals surface area contributed by atoms with Crippen molar-refractivity contribution in [2.45, 2.75) is 12.8 Å². The summed E-state index contributed by atoms with van der Waals surface area (Å²) in [6, 6.07) is 1.51. The lowest BCUT2D eigenvalue weighted by molar-refractivity contribution is 0.0698. The first-order valence-electron chi connectivity index (χ1n) is 5.91. The smallest absolute Gasteiger partial charge is 0.337 e. The highest BCUT2D eigenvalue weighted by Crippen LogP contribution is 2.13. The van der Waals surface area contributed by atoms with Crippen LogP contribution in [0.2, 0.25) is 0 Å². The van der Waals surface area contributed by atoms with Crippen LogP contribution in [-0.4, -0.2) is 47.1 Å². The van der Waals surface area contributed by atoms with E-state index in [1.54, 1.807) is 6.20 Å². The van der Waals surface area contributed by atoms with Gasteiger partial charge in [-0.05, 0) is 32.0 Å². The number of hydrogen-bond donors (Lipinski definition) is 2. The predicted molar refractivity (Wildman–Crippen MR) is 65.4 cm³/mol. The van der Waals surface area contributed by atoms with E-state index in [-0.39, 0.29) is 5.56 Å². The molecule has 1 aliphatic heterocycles. The monoisotopic (exact) mass is 235 g/mol. The lowest BCUT2D eigenvalue weighted by Gasteiger charge is -2.15. The molecule has 0 radical (unpaired) electrons. The van der Waals surface area contributed by atoms with E-state index in [9.17, 15) is 4.79 Å². The van der Waals surface area contributed by atoms with E-state index in [1.165, 1.54) is 25.1 Å². The number of anilines is 1. The fraction of sp³-hybridized carbons (Fsp3) is 0.500. The van der Waals surface area contributed by atoms with Gasteiger partial charge in [0.25, 0.3) is 0 Å². The number of nitrogens with one attached hydrogen (secondary N) is 1. The molecule has 2 rings (SSSR count). The summed E-state index contributed by atoms with van der Waals surface area (Å²) in [5.74, 6) is -0.920. The molecule has 0 amide bonds. The maximum Gasteiger partial charge on any atom is 0.337 e. The lowest BCUT2D eigenvalue weighted by Crippen LogP contribution is -2.26. The molecule has 1 saturated heterocycles. The standard InChI is InChI=1S/C12H17N3O2/c16-12(17)10-3-4-13-9-11(10)14-5-8-15-6-1-2-7-15/h3-4,9,14H,1-2,5-8H2,(H,16,17). The van der Waals surface area contributed by atoms with Crippen molar-refractivity contribution in [2.24, 2.45) is 0 Å². The van der Waals surface area contributed by atoms with Crippen LogP contribution in [-0.2, 0) is 0 Å². The summed E-state index contributed by atoms with van der Waals surface area (Å²) < 4.78 is 0. The van der Waals surface area contributed by atoms with Crippen LogP contribution in [0.4, 0.5) is 5.69 Å². The second-order valence-electron chi connectivity index (χ2n) is 4.20. The molecule has 92 valence electrons. The Morgan fingerprint density at radius 1 is 1.47 bits per heavy atom. The minimum absolute atomic E-state index is 0.279. The lowest BCUT2D eigenvalue weighted by atomic mass is 10.2. The summed E-state index contributed by atoms with van der Waals surface area (Å²) in [4.78, 5) is 17.3. The first-order chi connectivity index (χ1) is 8.27. The van der Waals surface area contributed by atoms with E-state index in [0.29, 0.717) is 5.69 Å². The molecule has 0 aromatic carbocycles. The Kier molecular flexibility index (Phi) is 3.93. The summed E-state index contributed by atoms with van der Waals surface area (Å²) in [5, 5.41) is 12.1. The van der Waals surface area contributed by atoms with E-state index >= 15 is 0 Å². The SMILES string of the molecule is O=C(O)c1ccncc1NCCN1CCCC1. The summed E-state index contributed by atoms with van der Waals surface area (Å²) in [7, 11) is 0. The highest BCUT2D eigenvalue weighted by atomic mass is 16.4. The third-order valence-electron chi connectivity index (χ3n) is 2.99. The van der Waals surface area contributed by atoms with E-state index < -0.39 is 5.97 Å². The molecule has 0 aliphatic carbocycles. The average Bonchev–Trinajstić information content (AvgIpc) is 2.82. The van der Waals surface area contributed by atoms with Crippen LogP contribution < -0.4 is 5.32 Å². The Labute approximate surface area is 100 Å². The summed E-state index contributed by atoms with van der Waals surface area (Å²) in [5.41, 5.74) is 0.876. The molecule has 0 spiro atoms. The van der Waals surface area contributed by atoms with Crippen LogP contribution in [0.25, 0.3) is 0 Å². The molecule has 5 heteroatoms. The number of rotatable bonds is 5. The molecule has 0 bridgehead atoms. The third-order valence-corrected chi connectivity index (χ3v) is 2.99. The normalized spacial score (nSPS) is 16.0. The van der Waals surface area contributed by atoms with E-state index in [1.807, 2.05) is 0 Å². The van der Waals surface area contributed by atoms with Crippen molar-refractivity contribution in [3.05, 3.63) is 24.0 Å². The van der Waals surface area contributed by atoms with E-state index in [2.05, 4.69) is 15.2 Å². The first-order valence-corrected chi connectivity index (χ1v) is 5.91. The average molecular weight is 235 g/mol. The molecule has 0 unspecified atom stereocenters. The topological polar surface area (TPSA) is 65.5 Å². The third kappa shape index (κ3) is 3.17. The van der Waals surface area contributed by atoms with E-state index in [4.69, 9.17) is 5.11 Å². The Hall–Kier alpha value is -1.62. The largest absolute Gasteiger partial charge is 0.478 e. The molecule has 2 heterocycles. The number of likely N-dealkylation sites (tertiary alicyclic amines) is 1. The molecular formula is C12H17N3O2. The Morgan fingerprint density at radius 2 is 2.24 bits per heavy atom. The van der Waals surface area contributed by atoms with Crippen LogP contribution in [0.15, 0.2) is 18.5 Å². The number of carboxylic acid groups (broad SMARTS) is 1. The highest BCUT2D eigenvalue weighted by Gasteiger charge is 2.12. The second kappa shape index (κ2) is 5.63. The fourth-order valence-electron chi connectivity index (χ4n) is 2.08. The van der Waals surface area contributed by atoms with Crippen molar-refractivity contribution < 1.29 is 9.90 Å². The number of carbonyl (C=O) groups is 1. The molecular weight excluding hydrogens is 218 g/mol. The number of aromatic nitrogens is 1. The number of pyridine rings is 1. The highest BCUT2D eigenvalue weighted by molar-refractivity contribution is 5.93. The van der Waals surface area contributed by atoms with Gasteiger partial charge in [0.1, 0.15) is 0 Å². The molecule has 1 aliphatic rings. The van der Waals surface area contributed by atoms with Crippen LogP contribution >= 0.6 is 0 Å². The number of hydrogen-bond acceptors (Lipinski definition) is 4. The summed E-state index contributed by atoms with van der Waals surface area (Å²) in [6.07, 6.45) is 5.60. The number of aromatic carboxylic acids is 1. The van der Waals surface area contributed by atoms with Crippen LogP contribution in [0, 0.1) is 0 Å². The van der Waals surface area contributed by atoms with Gasteiger partial charge in [-0.15, -0.1) is 0 Å². The molecule has 17 heavy (non-hydrogen) atoms. The zero-order valence-electron chi connectivity index (χ0n) is 9.72. The zero-order chi connectivity index (χ0) is 12.1. The van der Waals surface area contributed by atoms with Crippen molar-refractivity contribution >= 4 is 11.7 Å². The van der Waals surface area contributed by atoms with Gasteiger partial charge < -0.3 is 15.3 Å². The Bertz CT molecular complexity index is 389. The summed E-state index contributed by atoms with van der Waals surface area (Å²) >= 11 is 0.